The summed E-state index contributed by atoms with van der Waals surface area (Å²) in [6.45, 7) is 3.62. The standard InChI is InChI=1S/C15H17N3O2/c1-12-13-5-4-8-16(13)9-10-18(12)15(20)11-17-7-3-2-6-14(17)19/h2-8,12H,9-11H2,1H3. The number of carbonyl (C=O) groups is 1. The van der Waals surface area contributed by atoms with Gasteiger partial charge in [-0.1, -0.05) is 6.07 Å². The normalized spacial score (nSPS) is 17.9. The lowest BCUT2D eigenvalue weighted by molar-refractivity contribution is -0.135. The highest BCUT2D eigenvalue weighted by atomic mass is 16.2. The molecule has 5 heteroatoms. The lowest BCUT2D eigenvalue weighted by Gasteiger charge is -2.35. The summed E-state index contributed by atoms with van der Waals surface area (Å²) in [5.41, 5.74) is 0.999. The maximum Gasteiger partial charge on any atom is 0.250 e. The van der Waals surface area contributed by atoms with Gasteiger partial charge >= 0.3 is 0 Å². The van der Waals surface area contributed by atoms with E-state index in [0.29, 0.717) is 6.54 Å². The number of aromatic nitrogens is 2. The van der Waals surface area contributed by atoms with Gasteiger partial charge in [-0.25, -0.2) is 0 Å². The number of amides is 1. The van der Waals surface area contributed by atoms with Gasteiger partial charge in [-0.05, 0) is 25.1 Å². The van der Waals surface area contributed by atoms with Crippen molar-refractivity contribution in [3.05, 3.63) is 58.8 Å². The number of hydrogen-bond donors (Lipinski definition) is 0. The van der Waals surface area contributed by atoms with Crippen molar-refractivity contribution >= 4 is 5.91 Å². The minimum Gasteiger partial charge on any atom is -0.348 e. The summed E-state index contributed by atoms with van der Waals surface area (Å²) in [5.74, 6) is -0.0155. The van der Waals surface area contributed by atoms with Gasteiger partial charge in [0.05, 0.1) is 6.04 Å². The average Bonchev–Trinajstić information content (AvgIpc) is 2.91. The molecule has 0 radical (unpaired) electrons. The maximum absolute atomic E-state index is 12.4. The van der Waals surface area contributed by atoms with Gasteiger partial charge < -0.3 is 14.0 Å². The summed E-state index contributed by atoms with van der Waals surface area (Å²) < 4.78 is 3.62. The summed E-state index contributed by atoms with van der Waals surface area (Å²) in [5, 5.41) is 0. The first kappa shape index (κ1) is 12.7. The van der Waals surface area contributed by atoms with Crippen molar-refractivity contribution in [2.24, 2.45) is 0 Å². The quantitative estimate of drug-likeness (QED) is 0.825. The molecule has 2 aromatic heterocycles. The molecule has 0 aromatic carbocycles. The predicted molar refractivity (Wildman–Crippen MR) is 75.3 cm³/mol. The van der Waals surface area contributed by atoms with Crippen LogP contribution in [0.25, 0.3) is 0 Å². The third-order valence-electron chi connectivity index (χ3n) is 3.87. The second-order valence-electron chi connectivity index (χ2n) is 5.06. The zero-order chi connectivity index (χ0) is 14.1. The lowest BCUT2D eigenvalue weighted by atomic mass is 10.1. The molecule has 3 heterocycles. The second kappa shape index (κ2) is 5.00. The van der Waals surface area contributed by atoms with Crippen LogP contribution in [0, 0.1) is 0 Å². The Hall–Kier alpha value is -2.30. The molecular formula is C15H17N3O2. The van der Waals surface area contributed by atoms with Crippen LogP contribution in [-0.4, -0.2) is 26.5 Å². The predicted octanol–water partition coefficient (Wildman–Crippen LogP) is 1.25. The topological polar surface area (TPSA) is 47.2 Å². The zero-order valence-electron chi connectivity index (χ0n) is 11.4. The van der Waals surface area contributed by atoms with E-state index in [-0.39, 0.29) is 24.1 Å². The van der Waals surface area contributed by atoms with Crippen LogP contribution in [-0.2, 0) is 17.9 Å². The van der Waals surface area contributed by atoms with E-state index in [4.69, 9.17) is 0 Å². The lowest BCUT2D eigenvalue weighted by Crippen LogP contribution is -2.43. The highest BCUT2D eigenvalue weighted by Gasteiger charge is 2.27. The number of fused-ring (bicyclic) bond motifs is 1. The van der Waals surface area contributed by atoms with Gasteiger partial charge in [-0.3, -0.25) is 9.59 Å². The van der Waals surface area contributed by atoms with Crippen LogP contribution in [0.5, 0.6) is 0 Å². The molecule has 0 N–H and O–H groups in total. The van der Waals surface area contributed by atoms with Crippen LogP contribution in [0.15, 0.2) is 47.5 Å². The Balaban J connectivity index is 1.79. The van der Waals surface area contributed by atoms with E-state index in [2.05, 4.69) is 4.57 Å². The average molecular weight is 271 g/mol. The Morgan fingerprint density at radius 2 is 2.05 bits per heavy atom. The van der Waals surface area contributed by atoms with E-state index >= 15 is 0 Å². The van der Waals surface area contributed by atoms with Crippen molar-refractivity contribution in [1.29, 1.82) is 0 Å². The molecule has 20 heavy (non-hydrogen) atoms. The van der Waals surface area contributed by atoms with Crippen molar-refractivity contribution < 1.29 is 4.79 Å². The van der Waals surface area contributed by atoms with Crippen molar-refractivity contribution in [2.45, 2.75) is 26.1 Å². The van der Waals surface area contributed by atoms with Gasteiger partial charge in [-0.2, -0.15) is 0 Å². The van der Waals surface area contributed by atoms with Gasteiger partial charge in [0.1, 0.15) is 6.54 Å². The maximum atomic E-state index is 12.4. The Kier molecular flexibility index (Phi) is 3.18. The molecule has 1 aliphatic rings. The minimum absolute atomic E-state index is 0.0155. The Labute approximate surface area is 117 Å². The van der Waals surface area contributed by atoms with Crippen LogP contribution >= 0.6 is 0 Å². The van der Waals surface area contributed by atoms with Crippen molar-refractivity contribution in [1.82, 2.24) is 14.0 Å². The van der Waals surface area contributed by atoms with E-state index in [1.54, 1.807) is 18.3 Å². The molecule has 1 unspecified atom stereocenters. The Morgan fingerprint density at radius 3 is 2.85 bits per heavy atom. The second-order valence-corrected chi connectivity index (χ2v) is 5.06. The molecule has 0 aliphatic carbocycles. The first-order valence-electron chi connectivity index (χ1n) is 6.77. The van der Waals surface area contributed by atoms with E-state index in [9.17, 15) is 9.59 Å². The van der Waals surface area contributed by atoms with Crippen molar-refractivity contribution in [2.75, 3.05) is 6.54 Å². The molecule has 1 aliphatic heterocycles. The summed E-state index contributed by atoms with van der Waals surface area (Å²) in [6.07, 6.45) is 3.69. The highest BCUT2D eigenvalue weighted by Crippen LogP contribution is 2.25. The van der Waals surface area contributed by atoms with Crippen LogP contribution in [0.3, 0.4) is 0 Å². The van der Waals surface area contributed by atoms with Gasteiger partial charge in [-0.15, -0.1) is 0 Å². The van der Waals surface area contributed by atoms with Crippen LogP contribution in [0.1, 0.15) is 18.7 Å². The van der Waals surface area contributed by atoms with Gasteiger partial charge in [0.15, 0.2) is 0 Å². The molecule has 1 amide bonds. The third-order valence-corrected chi connectivity index (χ3v) is 3.87. The molecule has 0 fully saturated rings. The van der Waals surface area contributed by atoms with Gasteiger partial charge in [0.2, 0.25) is 5.91 Å². The van der Waals surface area contributed by atoms with E-state index < -0.39 is 0 Å². The number of rotatable bonds is 2. The fourth-order valence-corrected chi connectivity index (χ4v) is 2.75. The van der Waals surface area contributed by atoms with Gasteiger partial charge in [0.25, 0.3) is 5.56 Å². The van der Waals surface area contributed by atoms with E-state index in [1.165, 1.54) is 10.6 Å². The summed E-state index contributed by atoms with van der Waals surface area (Å²) in [4.78, 5) is 25.9. The highest BCUT2D eigenvalue weighted by molar-refractivity contribution is 5.76. The fraction of sp³-hybridized carbons (Fsp3) is 0.333. The zero-order valence-corrected chi connectivity index (χ0v) is 11.4. The number of hydrogen-bond acceptors (Lipinski definition) is 2. The monoisotopic (exact) mass is 271 g/mol. The van der Waals surface area contributed by atoms with Crippen LogP contribution in [0.4, 0.5) is 0 Å². The van der Waals surface area contributed by atoms with Crippen LogP contribution in [0.2, 0.25) is 0 Å². The summed E-state index contributed by atoms with van der Waals surface area (Å²) in [7, 11) is 0. The largest absolute Gasteiger partial charge is 0.348 e. The molecular weight excluding hydrogens is 254 g/mol. The molecule has 1 atom stereocenters. The number of carbonyl (C=O) groups excluding carboxylic acids is 1. The first-order chi connectivity index (χ1) is 9.66. The van der Waals surface area contributed by atoms with Crippen LogP contribution < -0.4 is 5.56 Å². The Morgan fingerprint density at radius 1 is 1.20 bits per heavy atom. The minimum atomic E-state index is -0.145. The SMILES string of the molecule is CC1c2cccn2CCN1C(=O)Cn1ccccc1=O. The molecule has 2 aromatic rings. The fourth-order valence-electron chi connectivity index (χ4n) is 2.75. The molecule has 0 saturated heterocycles. The molecule has 5 nitrogen and oxygen atoms in total. The first-order valence-corrected chi connectivity index (χ1v) is 6.77. The smallest absolute Gasteiger partial charge is 0.250 e. The molecule has 0 bridgehead atoms. The Bertz CT molecular complexity index is 686. The molecule has 3 rings (SSSR count). The van der Waals surface area contributed by atoms with E-state index in [1.807, 2.05) is 30.2 Å². The van der Waals surface area contributed by atoms with Crippen molar-refractivity contribution in [3.8, 4) is 0 Å². The van der Waals surface area contributed by atoms with E-state index in [0.717, 1.165) is 12.2 Å². The number of nitrogens with zero attached hydrogens (tertiary/aromatic N) is 3. The molecule has 0 saturated carbocycles. The van der Waals surface area contributed by atoms with Crippen molar-refractivity contribution in [3.63, 3.8) is 0 Å². The number of pyridine rings is 1. The summed E-state index contributed by atoms with van der Waals surface area (Å²) in [6, 6.07) is 9.00. The third kappa shape index (κ3) is 2.15. The van der Waals surface area contributed by atoms with Gasteiger partial charge in [0, 0.05) is 37.2 Å². The molecule has 0 spiro atoms. The molecule has 104 valence electrons. The summed E-state index contributed by atoms with van der Waals surface area (Å²) >= 11 is 0.